The highest BCUT2D eigenvalue weighted by atomic mass is 32.1. The zero-order valence-corrected chi connectivity index (χ0v) is 48.7. The number of hydrogen-bond acceptors (Lipinski definition) is 10. The number of benzene rings is 7. The van der Waals surface area contributed by atoms with Gasteiger partial charge in [-0.25, -0.2) is 0 Å². The van der Waals surface area contributed by atoms with Crippen LogP contribution in [-0.4, -0.2) is 43.6 Å². The summed E-state index contributed by atoms with van der Waals surface area (Å²) in [4.78, 5) is 69.9. The van der Waals surface area contributed by atoms with Crippen molar-refractivity contribution in [3.8, 4) is 0 Å². The second kappa shape index (κ2) is 26.1. The molecular formula is C70H58N8O4S2. The van der Waals surface area contributed by atoms with Crippen LogP contribution in [0.1, 0.15) is 73.1 Å². The Kier molecular flexibility index (Phi) is 17.7. The first-order valence-corrected chi connectivity index (χ1v) is 28.7. The second-order valence-electron chi connectivity index (χ2n) is 20.0. The maximum atomic E-state index is 12.6. The van der Waals surface area contributed by atoms with Crippen molar-refractivity contribution in [1.29, 1.82) is 0 Å². The van der Waals surface area contributed by atoms with Crippen LogP contribution in [0.2, 0.25) is 0 Å². The Morgan fingerprint density at radius 2 is 0.786 bits per heavy atom. The van der Waals surface area contributed by atoms with Gasteiger partial charge >= 0.3 is 0 Å². The average molecular weight is 1140 g/mol. The Hall–Kier alpha value is -10.3. The molecule has 0 spiro atoms. The number of rotatable bonds is 8. The van der Waals surface area contributed by atoms with Gasteiger partial charge in [0, 0.05) is 65.5 Å². The largest absolute Gasteiger partial charge is 0.320 e. The number of anilines is 4. The molecule has 0 aliphatic rings. The summed E-state index contributed by atoms with van der Waals surface area (Å²) in [7, 11) is 0. The molecule has 0 aliphatic carbocycles. The number of carbonyl (C=O) groups is 4. The lowest BCUT2D eigenvalue weighted by molar-refractivity contribution is 0.101. The first kappa shape index (κ1) is 57.0. The molecule has 13 aromatic rings. The number of carbonyl (C=O) groups excluding carboxylic acids is 4. The van der Waals surface area contributed by atoms with Crippen LogP contribution >= 0.6 is 22.7 Å². The molecule has 0 saturated heterocycles. The van der Waals surface area contributed by atoms with E-state index in [1.54, 1.807) is 12.3 Å². The van der Waals surface area contributed by atoms with Crippen LogP contribution in [-0.2, 0) is 0 Å². The fourth-order valence-corrected chi connectivity index (χ4v) is 10.9. The molecule has 13 rings (SSSR count). The first-order valence-electron chi connectivity index (χ1n) is 27.1. The van der Waals surface area contributed by atoms with Gasteiger partial charge in [0.1, 0.15) is 0 Å². The molecule has 0 saturated carbocycles. The molecule has 14 heteroatoms. The van der Waals surface area contributed by atoms with E-state index in [9.17, 15) is 19.2 Å². The van der Waals surface area contributed by atoms with Crippen LogP contribution in [0.4, 0.5) is 22.7 Å². The van der Waals surface area contributed by atoms with Gasteiger partial charge in [-0.1, -0.05) is 126 Å². The van der Waals surface area contributed by atoms with Crippen molar-refractivity contribution in [2.45, 2.75) is 41.5 Å². The zero-order chi connectivity index (χ0) is 58.7. The standard InChI is InChI=1S/C19H14N2OS.C18H16N2O.C17H14N2O.C16H14N2OS/c1-12-9-10-13-6-4-7-15(18(13)20-12)21-19(22)17-11-14-5-2-3-8-16(14)23-17;1-12-6-9-15(10-7-12)18(21)20-16-5-3-4-14-11-8-13(2)19-17(14)16;1-12-5-2-7-14(11-12)17(20)19-15-9-3-6-13-8-4-10-18-16(13)15;1-10-6-8-12-4-3-5-13(15(12)17-10)18-16(19)14-9-7-11(2)20-14/h2-11H,1H3,(H,21,22);3-11H,1-2H3,(H,20,21);2-11H,1H3,(H,19,20);3-9H,1-2H3,(H,18,19). The Bertz CT molecular complexity index is 4540. The number of amides is 4. The van der Waals surface area contributed by atoms with Crippen molar-refractivity contribution in [2.24, 2.45) is 0 Å². The molecule has 6 heterocycles. The third-order valence-corrected chi connectivity index (χ3v) is 15.5. The highest BCUT2D eigenvalue weighted by Crippen LogP contribution is 2.29. The van der Waals surface area contributed by atoms with Gasteiger partial charge in [0.25, 0.3) is 23.6 Å². The summed E-state index contributed by atoms with van der Waals surface area (Å²) in [6.45, 7) is 11.8. The monoisotopic (exact) mass is 1140 g/mol. The summed E-state index contributed by atoms with van der Waals surface area (Å²) in [5.74, 6) is -0.418. The highest BCUT2D eigenvalue weighted by Gasteiger charge is 2.15. The molecule has 0 atom stereocenters. The minimum absolute atomic E-state index is 0.0843. The zero-order valence-electron chi connectivity index (χ0n) is 47.0. The molecule has 0 unspecified atom stereocenters. The molecule has 414 valence electrons. The molecule has 7 aromatic carbocycles. The van der Waals surface area contributed by atoms with Crippen molar-refractivity contribution in [1.82, 2.24) is 19.9 Å². The molecular weight excluding hydrogens is 1080 g/mol. The van der Waals surface area contributed by atoms with Crippen LogP contribution in [0.15, 0.2) is 219 Å². The summed E-state index contributed by atoms with van der Waals surface area (Å²) in [6, 6.07) is 67.8. The summed E-state index contributed by atoms with van der Waals surface area (Å²) >= 11 is 2.99. The maximum Gasteiger partial charge on any atom is 0.265 e. The summed E-state index contributed by atoms with van der Waals surface area (Å²) in [5.41, 5.74) is 12.5. The van der Waals surface area contributed by atoms with Gasteiger partial charge in [-0.15, -0.1) is 22.7 Å². The third-order valence-electron chi connectivity index (χ3n) is 13.4. The number of nitrogens with one attached hydrogen (secondary N) is 4. The summed E-state index contributed by atoms with van der Waals surface area (Å²) < 4.78 is 1.12. The molecule has 84 heavy (non-hydrogen) atoms. The topological polar surface area (TPSA) is 168 Å². The molecule has 12 nitrogen and oxygen atoms in total. The van der Waals surface area contributed by atoms with E-state index < -0.39 is 0 Å². The van der Waals surface area contributed by atoms with E-state index in [2.05, 4.69) is 41.2 Å². The number of thiophene rings is 2. The smallest absolute Gasteiger partial charge is 0.265 e. The molecule has 0 bridgehead atoms. The van der Waals surface area contributed by atoms with Crippen LogP contribution in [0, 0.1) is 41.5 Å². The number of nitrogens with zero attached hydrogens (tertiary/aromatic N) is 4. The van der Waals surface area contributed by atoms with Gasteiger partial charge in [-0.3, -0.25) is 39.1 Å². The Balaban J connectivity index is 0.000000125. The number of para-hydroxylation sites is 4. The Labute approximate surface area is 494 Å². The minimum Gasteiger partial charge on any atom is -0.320 e. The number of aryl methyl sites for hydroxylation is 6. The molecule has 4 amide bonds. The Morgan fingerprint density at radius 3 is 1.30 bits per heavy atom. The predicted octanol–water partition coefficient (Wildman–Crippen LogP) is 17.1. The maximum absolute atomic E-state index is 12.6. The number of fused-ring (bicyclic) bond motifs is 5. The summed E-state index contributed by atoms with van der Waals surface area (Å²) in [5, 5.41) is 17.0. The molecule has 0 aliphatic heterocycles. The molecule has 6 aromatic heterocycles. The van der Waals surface area contributed by atoms with Crippen LogP contribution in [0.5, 0.6) is 0 Å². The van der Waals surface area contributed by atoms with Crippen LogP contribution in [0.25, 0.3) is 53.7 Å². The quantitative estimate of drug-likeness (QED) is 0.117. The van der Waals surface area contributed by atoms with E-state index in [-0.39, 0.29) is 23.6 Å². The lowest BCUT2D eigenvalue weighted by atomic mass is 10.1. The van der Waals surface area contributed by atoms with Gasteiger partial charge in [0.15, 0.2) is 0 Å². The van der Waals surface area contributed by atoms with Gasteiger partial charge in [-0.05, 0) is 144 Å². The van der Waals surface area contributed by atoms with E-state index in [0.29, 0.717) is 20.9 Å². The van der Waals surface area contributed by atoms with Crippen molar-refractivity contribution in [3.05, 3.63) is 272 Å². The van der Waals surface area contributed by atoms with Gasteiger partial charge in [-0.2, -0.15) is 0 Å². The van der Waals surface area contributed by atoms with E-state index in [0.717, 1.165) is 110 Å². The van der Waals surface area contributed by atoms with Crippen molar-refractivity contribution in [2.75, 3.05) is 21.3 Å². The lowest BCUT2D eigenvalue weighted by Gasteiger charge is -2.09. The summed E-state index contributed by atoms with van der Waals surface area (Å²) in [6.07, 6.45) is 1.73. The third kappa shape index (κ3) is 14.1. The van der Waals surface area contributed by atoms with Gasteiger partial charge in [0.2, 0.25) is 0 Å². The van der Waals surface area contributed by atoms with Crippen molar-refractivity contribution in [3.63, 3.8) is 0 Å². The van der Waals surface area contributed by atoms with E-state index in [1.807, 2.05) is 248 Å². The Morgan fingerprint density at radius 1 is 0.333 bits per heavy atom. The van der Waals surface area contributed by atoms with Crippen molar-refractivity contribution >= 4 is 123 Å². The van der Waals surface area contributed by atoms with Crippen LogP contribution in [0.3, 0.4) is 0 Å². The highest BCUT2D eigenvalue weighted by molar-refractivity contribution is 7.21. The van der Waals surface area contributed by atoms with Gasteiger partial charge in [0.05, 0.1) is 54.6 Å². The fraction of sp³-hybridized carbons (Fsp3) is 0.0857. The van der Waals surface area contributed by atoms with Crippen LogP contribution < -0.4 is 21.3 Å². The predicted molar refractivity (Wildman–Crippen MR) is 346 cm³/mol. The lowest BCUT2D eigenvalue weighted by Crippen LogP contribution is -2.12. The van der Waals surface area contributed by atoms with Crippen molar-refractivity contribution < 1.29 is 19.2 Å². The molecule has 0 fully saturated rings. The SMILES string of the molecule is Cc1ccc(C(=O)Nc2cccc3ccc(C)nc23)cc1.Cc1ccc2cccc(NC(=O)c3cc4ccccc4s3)c2n1.Cc1ccc2cccc(NC(=O)c3ccc(C)s3)c2n1.Cc1cccc(C(=O)Nc2cccc3cccnc23)c1. The van der Waals surface area contributed by atoms with E-state index in [1.165, 1.54) is 22.7 Å². The van der Waals surface area contributed by atoms with E-state index in [4.69, 9.17) is 0 Å². The average Bonchev–Trinajstić information content (AvgIpc) is 3.88. The second-order valence-corrected chi connectivity index (χ2v) is 22.4. The van der Waals surface area contributed by atoms with Gasteiger partial charge < -0.3 is 21.3 Å². The first-order chi connectivity index (χ1) is 40.7. The molecule has 4 N–H and O–H groups in total. The number of hydrogen-bond donors (Lipinski definition) is 4. The number of pyridine rings is 4. The minimum atomic E-state index is -0.120. The normalized spacial score (nSPS) is 10.7. The fourth-order valence-electron chi connectivity index (χ4n) is 9.14. The molecule has 0 radical (unpaired) electrons. The van der Waals surface area contributed by atoms with E-state index >= 15 is 0 Å². The number of aromatic nitrogens is 4.